The molecular formula is C9H12N2O4. The molecule has 1 heterocycles. The number of H-pyrrole nitrogens is 1. The Morgan fingerprint density at radius 1 is 1.60 bits per heavy atom. The van der Waals surface area contributed by atoms with Gasteiger partial charge in [0.15, 0.2) is 0 Å². The molecule has 0 aliphatic rings. The molecule has 6 heteroatoms. The Kier molecular flexibility index (Phi) is 3.99. The minimum atomic E-state index is -0.702. The van der Waals surface area contributed by atoms with Crippen LogP contribution in [0.15, 0.2) is 11.0 Å². The number of aromatic nitrogens is 2. The van der Waals surface area contributed by atoms with Gasteiger partial charge in [-0.1, -0.05) is 0 Å². The van der Waals surface area contributed by atoms with Crippen LogP contribution in [0.2, 0.25) is 0 Å². The van der Waals surface area contributed by atoms with E-state index in [9.17, 15) is 9.59 Å². The van der Waals surface area contributed by atoms with Gasteiger partial charge in [-0.15, -0.1) is 0 Å². The van der Waals surface area contributed by atoms with Crippen molar-refractivity contribution in [3.8, 4) is 0 Å². The fourth-order valence-electron chi connectivity index (χ4n) is 0.959. The Morgan fingerprint density at radius 2 is 2.33 bits per heavy atom. The third-order valence-corrected chi connectivity index (χ3v) is 1.70. The van der Waals surface area contributed by atoms with Gasteiger partial charge in [0.1, 0.15) is 18.0 Å². The van der Waals surface area contributed by atoms with Gasteiger partial charge in [-0.3, -0.25) is 4.79 Å². The average molecular weight is 212 g/mol. The van der Waals surface area contributed by atoms with Crippen molar-refractivity contribution in [3.05, 3.63) is 27.9 Å². The number of hydrogen-bond donors (Lipinski definition) is 1. The SMILES string of the molecule is CCOCc1ncc(C(=O)OC)c(=O)[nH]1. The molecule has 1 aromatic heterocycles. The number of carbonyl (C=O) groups excluding carboxylic acids is 1. The van der Waals surface area contributed by atoms with Crippen molar-refractivity contribution < 1.29 is 14.3 Å². The lowest BCUT2D eigenvalue weighted by molar-refractivity contribution is 0.0597. The monoisotopic (exact) mass is 212 g/mol. The lowest BCUT2D eigenvalue weighted by Gasteiger charge is -2.01. The highest BCUT2D eigenvalue weighted by Gasteiger charge is 2.11. The number of methoxy groups -OCH3 is 1. The summed E-state index contributed by atoms with van der Waals surface area (Å²) in [6, 6.07) is 0. The first kappa shape index (κ1) is 11.4. The van der Waals surface area contributed by atoms with E-state index in [-0.39, 0.29) is 12.2 Å². The highest BCUT2D eigenvalue weighted by atomic mass is 16.5. The molecule has 0 aliphatic carbocycles. The molecule has 0 unspecified atom stereocenters. The van der Waals surface area contributed by atoms with Gasteiger partial charge in [-0.25, -0.2) is 9.78 Å². The summed E-state index contributed by atoms with van der Waals surface area (Å²) in [6.07, 6.45) is 1.18. The van der Waals surface area contributed by atoms with Gasteiger partial charge in [0.05, 0.1) is 7.11 Å². The van der Waals surface area contributed by atoms with Crippen molar-refractivity contribution >= 4 is 5.97 Å². The van der Waals surface area contributed by atoms with Crippen molar-refractivity contribution in [1.82, 2.24) is 9.97 Å². The second-order valence-corrected chi connectivity index (χ2v) is 2.70. The van der Waals surface area contributed by atoms with Crippen LogP contribution in [0, 0.1) is 0 Å². The Labute approximate surface area is 86.2 Å². The van der Waals surface area contributed by atoms with E-state index in [2.05, 4.69) is 14.7 Å². The predicted octanol–water partition coefficient (Wildman–Crippen LogP) is 0.0930. The second-order valence-electron chi connectivity index (χ2n) is 2.70. The van der Waals surface area contributed by atoms with Crippen LogP contribution in [-0.2, 0) is 16.1 Å². The first-order valence-corrected chi connectivity index (χ1v) is 4.43. The number of carbonyl (C=O) groups is 1. The largest absolute Gasteiger partial charge is 0.465 e. The van der Waals surface area contributed by atoms with Crippen LogP contribution < -0.4 is 5.56 Å². The maximum Gasteiger partial charge on any atom is 0.345 e. The average Bonchev–Trinajstić information content (AvgIpc) is 2.25. The normalized spacial score (nSPS) is 10.0. The Balaban J connectivity index is 2.88. The summed E-state index contributed by atoms with van der Waals surface area (Å²) in [5.41, 5.74) is -0.635. The lowest BCUT2D eigenvalue weighted by Crippen LogP contribution is -2.21. The Morgan fingerprint density at radius 3 is 2.87 bits per heavy atom. The van der Waals surface area contributed by atoms with E-state index in [1.807, 2.05) is 6.92 Å². The first-order valence-electron chi connectivity index (χ1n) is 4.43. The molecule has 1 rings (SSSR count). The van der Waals surface area contributed by atoms with Gasteiger partial charge in [-0.2, -0.15) is 0 Å². The van der Waals surface area contributed by atoms with Crippen LogP contribution in [-0.4, -0.2) is 29.7 Å². The second kappa shape index (κ2) is 5.26. The molecule has 6 nitrogen and oxygen atoms in total. The van der Waals surface area contributed by atoms with E-state index in [4.69, 9.17) is 4.74 Å². The zero-order valence-electron chi connectivity index (χ0n) is 8.57. The number of esters is 1. The van der Waals surface area contributed by atoms with Crippen molar-refractivity contribution in [2.45, 2.75) is 13.5 Å². The standard InChI is InChI=1S/C9H12N2O4/c1-3-15-5-7-10-4-6(8(12)11-7)9(13)14-2/h4H,3,5H2,1-2H3,(H,10,11,12). The fraction of sp³-hybridized carbons (Fsp3) is 0.444. The van der Waals surface area contributed by atoms with Crippen LogP contribution in [0.5, 0.6) is 0 Å². The minimum Gasteiger partial charge on any atom is -0.465 e. The molecule has 1 N–H and O–H groups in total. The van der Waals surface area contributed by atoms with E-state index < -0.39 is 11.5 Å². The molecule has 0 saturated carbocycles. The molecule has 0 fully saturated rings. The van der Waals surface area contributed by atoms with Gasteiger partial charge in [0.25, 0.3) is 5.56 Å². The minimum absolute atomic E-state index is 0.113. The number of aromatic amines is 1. The molecule has 82 valence electrons. The quantitative estimate of drug-likeness (QED) is 0.715. The summed E-state index contributed by atoms with van der Waals surface area (Å²) in [5, 5.41) is 0. The smallest absolute Gasteiger partial charge is 0.345 e. The van der Waals surface area contributed by atoms with Crippen molar-refractivity contribution in [2.24, 2.45) is 0 Å². The summed E-state index contributed by atoms with van der Waals surface area (Å²) in [5.74, 6) is -0.318. The number of hydrogen-bond acceptors (Lipinski definition) is 5. The summed E-state index contributed by atoms with van der Waals surface area (Å²) in [4.78, 5) is 28.7. The van der Waals surface area contributed by atoms with Crippen LogP contribution in [0.25, 0.3) is 0 Å². The van der Waals surface area contributed by atoms with Crippen LogP contribution >= 0.6 is 0 Å². The van der Waals surface area contributed by atoms with Gasteiger partial charge >= 0.3 is 5.97 Å². The summed E-state index contributed by atoms with van der Waals surface area (Å²) in [6.45, 7) is 2.58. The molecule has 0 spiro atoms. The third kappa shape index (κ3) is 2.88. The molecule has 0 aromatic carbocycles. The zero-order chi connectivity index (χ0) is 11.3. The highest BCUT2D eigenvalue weighted by molar-refractivity contribution is 5.88. The maximum atomic E-state index is 11.4. The Bertz CT molecular complexity index is 399. The predicted molar refractivity (Wildman–Crippen MR) is 51.5 cm³/mol. The van der Waals surface area contributed by atoms with E-state index in [0.717, 1.165) is 0 Å². The summed E-state index contributed by atoms with van der Waals surface area (Å²) >= 11 is 0. The van der Waals surface area contributed by atoms with Crippen LogP contribution in [0.3, 0.4) is 0 Å². The van der Waals surface area contributed by atoms with E-state index >= 15 is 0 Å². The number of nitrogens with one attached hydrogen (secondary N) is 1. The topological polar surface area (TPSA) is 81.3 Å². The van der Waals surface area contributed by atoms with Gasteiger partial charge in [-0.05, 0) is 6.92 Å². The lowest BCUT2D eigenvalue weighted by atomic mass is 10.3. The van der Waals surface area contributed by atoms with Gasteiger partial charge in [0.2, 0.25) is 0 Å². The van der Waals surface area contributed by atoms with Crippen molar-refractivity contribution in [2.75, 3.05) is 13.7 Å². The molecule has 0 atom stereocenters. The molecular weight excluding hydrogens is 200 g/mol. The molecule has 0 amide bonds. The molecule has 0 radical (unpaired) electrons. The van der Waals surface area contributed by atoms with Gasteiger partial charge < -0.3 is 14.5 Å². The van der Waals surface area contributed by atoms with Crippen molar-refractivity contribution in [1.29, 1.82) is 0 Å². The summed E-state index contributed by atoms with van der Waals surface area (Å²) in [7, 11) is 1.20. The van der Waals surface area contributed by atoms with Crippen LogP contribution in [0.4, 0.5) is 0 Å². The van der Waals surface area contributed by atoms with E-state index in [1.165, 1.54) is 13.3 Å². The van der Waals surface area contributed by atoms with Gasteiger partial charge in [0, 0.05) is 12.8 Å². The number of rotatable bonds is 4. The molecule has 0 bridgehead atoms. The molecule has 0 saturated heterocycles. The number of ether oxygens (including phenoxy) is 2. The number of nitrogens with zero attached hydrogens (tertiary/aromatic N) is 1. The Hall–Kier alpha value is -1.69. The van der Waals surface area contributed by atoms with E-state index in [0.29, 0.717) is 12.4 Å². The fourth-order valence-corrected chi connectivity index (χ4v) is 0.959. The third-order valence-electron chi connectivity index (χ3n) is 1.70. The molecule has 15 heavy (non-hydrogen) atoms. The molecule has 1 aromatic rings. The zero-order valence-corrected chi connectivity index (χ0v) is 8.57. The summed E-state index contributed by atoms with van der Waals surface area (Å²) < 4.78 is 9.46. The molecule has 0 aliphatic heterocycles. The highest BCUT2D eigenvalue weighted by Crippen LogP contribution is 1.94. The van der Waals surface area contributed by atoms with Crippen LogP contribution in [0.1, 0.15) is 23.1 Å². The van der Waals surface area contributed by atoms with E-state index in [1.54, 1.807) is 0 Å². The maximum absolute atomic E-state index is 11.4. The first-order chi connectivity index (χ1) is 7.19. The van der Waals surface area contributed by atoms with Crippen molar-refractivity contribution in [3.63, 3.8) is 0 Å².